The summed E-state index contributed by atoms with van der Waals surface area (Å²) in [7, 11) is 0. The SMILES string of the molecule is CCCCCCCCN(CCOc1ccc(CC(OCC)C(=O)O)cc1)C(=O)Nc1cccc(C(F)(F)F)c1. The van der Waals surface area contributed by atoms with Crippen molar-refractivity contribution in [2.45, 2.75) is 71.1 Å². The standard InChI is InChI=1S/C29H39F3N2O5/c1-3-5-6-7-8-9-17-34(28(37)33-24-12-10-11-23(21-24)29(30,31)32)18-19-39-25-15-13-22(14-16-25)20-26(27(35)36)38-4-2/h10-16,21,26H,3-9,17-20H2,1-2H3,(H,33,37)(H,35,36). The average molecular weight is 553 g/mol. The molecule has 0 bridgehead atoms. The van der Waals surface area contributed by atoms with Crippen molar-refractivity contribution in [2.75, 3.05) is 31.6 Å². The number of rotatable bonds is 17. The number of hydrogen-bond donors (Lipinski definition) is 2. The number of carbonyl (C=O) groups is 2. The molecule has 39 heavy (non-hydrogen) atoms. The summed E-state index contributed by atoms with van der Waals surface area (Å²) in [5.74, 6) is -0.467. The van der Waals surface area contributed by atoms with Crippen molar-refractivity contribution in [3.05, 3.63) is 59.7 Å². The van der Waals surface area contributed by atoms with Crippen molar-refractivity contribution in [1.29, 1.82) is 0 Å². The largest absolute Gasteiger partial charge is 0.492 e. The Morgan fingerprint density at radius 1 is 0.974 bits per heavy atom. The molecule has 0 saturated carbocycles. The number of ether oxygens (including phenoxy) is 2. The molecule has 0 spiro atoms. The van der Waals surface area contributed by atoms with Gasteiger partial charge in [-0.3, -0.25) is 0 Å². The van der Waals surface area contributed by atoms with Gasteiger partial charge in [0.1, 0.15) is 12.4 Å². The predicted molar refractivity (Wildman–Crippen MR) is 144 cm³/mol. The van der Waals surface area contributed by atoms with Crippen LogP contribution in [0.1, 0.15) is 63.5 Å². The Morgan fingerprint density at radius 3 is 2.31 bits per heavy atom. The van der Waals surface area contributed by atoms with Crippen molar-refractivity contribution >= 4 is 17.7 Å². The van der Waals surface area contributed by atoms with Gasteiger partial charge >= 0.3 is 18.2 Å². The molecule has 2 amide bonds. The average Bonchev–Trinajstić information content (AvgIpc) is 2.89. The second-order valence-electron chi connectivity index (χ2n) is 9.24. The maximum atomic E-state index is 13.1. The molecule has 0 heterocycles. The summed E-state index contributed by atoms with van der Waals surface area (Å²) in [4.78, 5) is 25.8. The van der Waals surface area contributed by atoms with Crippen molar-refractivity contribution < 1.29 is 37.3 Å². The van der Waals surface area contributed by atoms with E-state index in [0.717, 1.165) is 56.2 Å². The van der Waals surface area contributed by atoms with Gasteiger partial charge in [0, 0.05) is 25.3 Å². The molecule has 0 saturated heterocycles. The monoisotopic (exact) mass is 552 g/mol. The van der Waals surface area contributed by atoms with Crippen LogP contribution in [0.15, 0.2) is 48.5 Å². The number of carbonyl (C=O) groups excluding carboxylic acids is 1. The third-order valence-electron chi connectivity index (χ3n) is 6.13. The minimum absolute atomic E-state index is 0.0750. The number of nitrogens with one attached hydrogen (secondary N) is 1. The maximum Gasteiger partial charge on any atom is 0.416 e. The summed E-state index contributed by atoms with van der Waals surface area (Å²) in [6, 6.07) is 11.0. The zero-order chi connectivity index (χ0) is 28.7. The molecule has 7 nitrogen and oxygen atoms in total. The van der Waals surface area contributed by atoms with Gasteiger partial charge in [-0.25, -0.2) is 9.59 Å². The first kappa shape index (κ1) is 31.9. The minimum Gasteiger partial charge on any atom is -0.492 e. The van der Waals surface area contributed by atoms with Crippen molar-refractivity contribution in [3.8, 4) is 5.75 Å². The van der Waals surface area contributed by atoms with Crippen LogP contribution in [0.25, 0.3) is 0 Å². The normalized spacial score (nSPS) is 12.1. The van der Waals surface area contributed by atoms with Crippen LogP contribution in [0.2, 0.25) is 0 Å². The van der Waals surface area contributed by atoms with Gasteiger partial charge in [0.15, 0.2) is 6.10 Å². The number of halogens is 3. The lowest BCUT2D eigenvalue weighted by atomic mass is 10.1. The van der Waals surface area contributed by atoms with Gasteiger partial charge in [0.05, 0.1) is 12.1 Å². The van der Waals surface area contributed by atoms with E-state index in [1.165, 1.54) is 12.1 Å². The van der Waals surface area contributed by atoms with Crippen LogP contribution in [0, 0.1) is 0 Å². The lowest BCUT2D eigenvalue weighted by Crippen LogP contribution is -2.38. The number of urea groups is 1. The first-order valence-electron chi connectivity index (χ1n) is 13.4. The van der Waals surface area contributed by atoms with Crippen molar-refractivity contribution in [2.24, 2.45) is 0 Å². The van der Waals surface area contributed by atoms with Gasteiger partial charge in [-0.1, -0.05) is 57.2 Å². The van der Waals surface area contributed by atoms with Crippen LogP contribution >= 0.6 is 0 Å². The lowest BCUT2D eigenvalue weighted by Gasteiger charge is -2.23. The molecule has 216 valence electrons. The number of anilines is 1. The van der Waals surface area contributed by atoms with Gasteiger partial charge in [-0.05, 0) is 49.2 Å². The third-order valence-corrected chi connectivity index (χ3v) is 6.13. The number of aliphatic carboxylic acids is 1. The Balaban J connectivity index is 1.96. The zero-order valence-corrected chi connectivity index (χ0v) is 22.6. The highest BCUT2D eigenvalue weighted by Gasteiger charge is 2.30. The molecule has 0 aromatic heterocycles. The summed E-state index contributed by atoms with van der Waals surface area (Å²) < 4.78 is 50.3. The highest BCUT2D eigenvalue weighted by atomic mass is 19.4. The molecule has 0 fully saturated rings. The van der Waals surface area contributed by atoms with E-state index in [0.29, 0.717) is 18.9 Å². The fraction of sp³-hybridized carbons (Fsp3) is 0.517. The Morgan fingerprint density at radius 2 is 1.67 bits per heavy atom. The third kappa shape index (κ3) is 12.0. The highest BCUT2D eigenvalue weighted by Crippen LogP contribution is 2.30. The molecule has 0 aliphatic rings. The van der Waals surface area contributed by atoms with E-state index in [-0.39, 0.29) is 25.3 Å². The zero-order valence-electron chi connectivity index (χ0n) is 22.6. The number of unbranched alkanes of at least 4 members (excludes halogenated alkanes) is 5. The molecule has 2 N–H and O–H groups in total. The maximum absolute atomic E-state index is 13.1. The second-order valence-corrected chi connectivity index (χ2v) is 9.24. The van der Waals surface area contributed by atoms with Gasteiger partial charge in [0.25, 0.3) is 0 Å². The van der Waals surface area contributed by atoms with Gasteiger partial charge < -0.3 is 24.8 Å². The molecule has 1 unspecified atom stereocenters. The first-order valence-corrected chi connectivity index (χ1v) is 13.4. The number of amides is 2. The number of alkyl halides is 3. The van der Waals surface area contributed by atoms with Crippen LogP contribution in [0.4, 0.5) is 23.7 Å². The first-order chi connectivity index (χ1) is 18.6. The number of benzene rings is 2. The van der Waals surface area contributed by atoms with E-state index in [1.807, 2.05) is 0 Å². The Kier molecular flexibility index (Phi) is 13.6. The summed E-state index contributed by atoms with van der Waals surface area (Å²) >= 11 is 0. The molecule has 0 radical (unpaired) electrons. The fourth-order valence-corrected chi connectivity index (χ4v) is 4.00. The molecule has 0 aliphatic carbocycles. The number of carboxylic acid groups (broad SMARTS) is 1. The molecular weight excluding hydrogens is 513 g/mol. The molecule has 10 heteroatoms. The van der Waals surface area contributed by atoms with Crippen LogP contribution in [0.5, 0.6) is 5.75 Å². The number of hydrogen-bond acceptors (Lipinski definition) is 4. The lowest BCUT2D eigenvalue weighted by molar-refractivity contribution is -0.150. The second kappa shape index (κ2) is 16.6. The van der Waals surface area contributed by atoms with Gasteiger partial charge in [-0.15, -0.1) is 0 Å². The summed E-state index contributed by atoms with van der Waals surface area (Å²) in [5.41, 5.74) is 0.0323. The highest BCUT2D eigenvalue weighted by molar-refractivity contribution is 5.89. The van der Waals surface area contributed by atoms with E-state index < -0.39 is 29.8 Å². The Labute approximate surface area is 228 Å². The molecule has 1 atom stereocenters. The molecule has 0 aliphatic heterocycles. The van der Waals surface area contributed by atoms with Gasteiger partial charge in [0.2, 0.25) is 0 Å². The van der Waals surface area contributed by atoms with E-state index >= 15 is 0 Å². The van der Waals surface area contributed by atoms with E-state index in [1.54, 1.807) is 36.1 Å². The molecular formula is C29H39F3N2O5. The summed E-state index contributed by atoms with van der Waals surface area (Å²) in [5, 5.41) is 11.8. The number of carboxylic acids is 1. The summed E-state index contributed by atoms with van der Waals surface area (Å²) in [6.45, 7) is 5.06. The number of nitrogens with zero attached hydrogens (tertiary/aromatic N) is 1. The molecule has 2 aromatic rings. The van der Waals surface area contributed by atoms with Crippen LogP contribution in [-0.4, -0.2) is 54.4 Å². The Bertz CT molecular complexity index is 1010. The van der Waals surface area contributed by atoms with E-state index in [4.69, 9.17) is 9.47 Å². The van der Waals surface area contributed by atoms with Crippen molar-refractivity contribution in [1.82, 2.24) is 4.90 Å². The van der Waals surface area contributed by atoms with Gasteiger partial charge in [-0.2, -0.15) is 13.2 Å². The quantitative estimate of drug-likeness (QED) is 0.206. The van der Waals surface area contributed by atoms with Crippen molar-refractivity contribution in [3.63, 3.8) is 0 Å². The molecule has 2 rings (SSSR count). The fourth-order valence-electron chi connectivity index (χ4n) is 4.00. The predicted octanol–water partition coefficient (Wildman–Crippen LogP) is 7.01. The minimum atomic E-state index is -4.50. The smallest absolute Gasteiger partial charge is 0.416 e. The molecule has 2 aromatic carbocycles. The van der Waals surface area contributed by atoms with E-state index in [9.17, 15) is 27.9 Å². The van der Waals surface area contributed by atoms with E-state index in [2.05, 4.69) is 12.2 Å². The van der Waals surface area contributed by atoms with Crippen LogP contribution < -0.4 is 10.1 Å². The Hall–Kier alpha value is -3.27. The van der Waals surface area contributed by atoms with Crippen LogP contribution in [0.3, 0.4) is 0 Å². The summed E-state index contributed by atoms with van der Waals surface area (Å²) in [6.07, 6.45) is 1.02. The van der Waals surface area contributed by atoms with Crippen LogP contribution in [-0.2, 0) is 22.1 Å². The topological polar surface area (TPSA) is 88.1 Å².